The van der Waals surface area contributed by atoms with Gasteiger partial charge < -0.3 is 11.1 Å². The smallest absolute Gasteiger partial charge is 0.254 e. The molecule has 2 heterocycles. The first-order valence-corrected chi connectivity index (χ1v) is 6.45. The molecule has 6 heteroatoms. The van der Waals surface area contributed by atoms with E-state index in [1.165, 1.54) is 11.9 Å². The summed E-state index contributed by atoms with van der Waals surface area (Å²) < 4.78 is 1.70. The van der Waals surface area contributed by atoms with Crippen LogP contribution in [0.25, 0.3) is 5.78 Å². The molecule has 0 saturated heterocycles. The number of hydrogen-bond donors (Lipinski definition) is 2. The molecule has 0 saturated carbocycles. The number of nitrogens with zero attached hydrogens (tertiary/aromatic N) is 4. The third kappa shape index (κ3) is 2.46. The molecule has 0 aliphatic rings. The lowest BCUT2D eigenvalue weighted by atomic mass is 10.1. The molecule has 0 unspecified atom stereocenters. The first kappa shape index (κ1) is 12.6. The van der Waals surface area contributed by atoms with Crippen LogP contribution in [0, 0.1) is 6.92 Å². The fraction of sp³-hybridized carbons (Fsp3) is 0.214. The molecule has 0 radical (unpaired) electrons. The van der Waals surface area contributed by atoms with Crippen molar-refractivity contribution in [3.63, 3.8) is 0 Å². The molecule has 0 atom stereocenters. The highest BCUT2D eigenvalue weighted by atomic mass is 15.3. The Morgan fingerprint density at radius 1 is 1.20 bits per heavy atom. The molecule has 20 heavy (non-hydrogen) atoms. The monoisotopic (exact) mass is 268 g/mol. The van der Waals surface area contributed by atoms with Crippen LogP contribution in [0.4, 0.5) is 5.82 Å². The van der Waals surface area contributed by atoms with Crippen molar-refractivity contribution in [2.75, 3.05) is 5.32 Å². The van der Waals surface area contributed by atoms with E-state index in [0.717, 1.165) is 17.1 Å². The van der Waals surface area contributed by atoms with E-state index in [-0.39, 0.29) is 0 Å². The van der Waals surface area contributed by atoms with Gasteiger partial charge in [0.15, 0.2) is 0 Å². The number of nitrogens with two attached hydrogens (primary N) is 1. The first-order chi connectivity index (χ1) is 9.76. The summed E-state index contributed by atoms with van der Waals surface area (Å²) >= 11 is 0. The minimum atomic E-state index is 0.566. The van der Waals surface area contributed by atoms with Crippen LogP contribution in [0.15, 0.2) is 36.7 Å². The van der Waals surface area contributed by atoms with Crippen molar-refractivity contribution in [2.45, 2.75) is 20.0 Å². The summed E-state index contributed by atoms with van der Waals surface area (Å²) in [4.78, 5) is 8.41. The maximum atomic E-state index is 5.59. The molecule has 3 aromatic rings. The number of hydrogen-bond acceptors (Lipinski definition) is 5. The lowest BCUT2D eigenvalue weighted by Gasteiger charge is -2.09. The molecule has 1 aromatic carbocycles. The normalized spacial score (nSPS) is 10.9. The summed E-state index contributed by atoms with van der Waals surface area (Å²) in [6.45, 7) is 3.22. The molecule has 0 aliphatic heterocycles. The Balaban J connectivity index is 1.80. The van der Waals surface area contributed by atoms with Gasteiger partial charge in [-0.3, -0.25) is 0 Å². The van der Waals surface area contributed by atoms with Crippen molar-refractivity contribution < 1.29 is 0 Å². The standard InChI is InChI=1S/C14H16N6/c1-10-6-13(20-14(19-10)17-9-18-20)16-8-12-4-2-11(7-15)3-5-12/h2-6,9,16H,7-8,15H2,1H3. The van der Waals surface area contributed by atoms with Crippen LogP contribution >= 0.6 is 0 Å². The molecule has 3 rings (SSSR count). The maximum absolute atomic E-state index is 5.59. The fourth-order valence-corrected chi connectivity index (χ4v) is 2.04. The van der Waals surface area contributed by atoms with Gasteiger partial charge in [0.25, 0.3) is 5.78 Å². The fourth-order valence-electron chi connectivity index (χ4n) is 2.04. The number of aryl methyl sites for hydroxylation is 1. The number of rotatable bonds is 4. The quantitative estimate of drug-likeness (QED) is 0.749. The third-order valence-electron chi connectivity index (χ3n) is 3.11. The molecule has 0 fully saturated rings. The van der Waals surface area contributed by atoms with Crippen molar-refractivity contribution in [2.24, 2.45) is 5.73 Å². The van der Waals surface area contributed by atoms with E-state index in [0.29, 0.717) is 18.9 Å². The van der Waals surface area contributed by atoms with E-state index >= 15 is 0 Å². The summed E-state index contributed by atoms with van der Waals surface area (Å²) in [5.41, 5.74) is 8.82. The Kier molecular flexibility index (Phi) is 3.30. The van der Waals surface area contributed by atoms with Crippen LogP contribution < -0.4 is 11.1 Å². The molecule has 102 valence electrons. The lowest BCUT2D eigenvalue weighted by molar-refractivity contribution is 0.916. The Labute approximate surface area is 116 Å². The first-order valence-electron chi connectivity index (χ1n) is 6.45. The predicted molar refractivity (Wildman–Crippen MR) is 77.2 cm³/mol. The van der Waals surface area contributed by atoms with Gasteiger partial charge in [-0.1, -0.05) is 24.3 Å². The Bertz CT molecular complexity index is 716. The van der Waals surface area contributed by atoms with Gasteiger partial charge in [0.2, 0.25) is 0 Å². The summed E-state index contributed by atoms with van der Waals surface area (Å²) in [5, 5.41) is 7.52. The second-order valence-corrected chi connectivity index (χ2v) is 4.63. The van der Waals surface area contributed by atoms with Crippen molar-refractivity contribution in [3.05, 3.63) is 53.5 Å². The lowest BCUT2D eigenvalue weighted by Crippen LogP contribution is -2.07. The summed E-state index contributed by atoms with van der Waals surface area (Å²) in [7, 11) is 0. The van der Waals surface area contributed by atoms with Crippen LogP contribution in [0.1, 0.15) is 16.8 Å². The number of benzene rings is 1. The predicted octanol–water partition coefficient (Wildman–Crippen LogP) is 1.50. The van der Waals surface area contributed by atoms with Crippen molar-refractivity contribution in [1.29, 1.82) is 0 Å². The van der Waals surface area contributed by atoms with Gasteiger partial charge in [-0.15, -0.1) is 0 Å². The summed E-state index contributed by atoms with van der Waals surface area (Å²) in [5.74, 6) is 1.49. The van der Waals surface area contributed by atoms with Gasteiger partial charge in [-0.05, 0) is 18.1 Å². The van der Waals surface area contributed by atoms with Gasteiger partial charge in [0.05, 0.1) is 0 Å². The highest BCUT2D eigenvalue weighted by Gasteiger charge is 2.05. The molecular formula is C14H16N6. The van der Waals surface area contributed by atoms with Crippen LogP contribution in [0.2, 0.25) is 0 Å². The van der Waals surface area contributed by atoms with Gasteiger partial charge in [0, 0.05) is 24.8 Å². The van der Waals surface area contributed by atoms with E-state index in [9.17, 15) is 0 Å². The molecule has 0 aliphatic carbocycles. The molecule has 0 spiro atoms. The van der Waals surface area contributed by atoms with Crippen LogP contribution in [-0.2, 0) is 13.1 Å². The Morgan fingerprint density at radius 2 is 1.95 bits per heavy atom. The van der Waals surface area contributed by atoms with E-state index in [2.05, 4.69) is 32.5 Å². The maximum Gasteiger partial charge on any atom is 0.254 e. The Morgan fingerprint density at radius 3 is 2.70 bits per heavy atom. The molecular weight excluding hydrogens is 252 g/mol. The number of anilines is 1. The van der Waals surface area contributed by atoms with Crippen molar-refractivity contribution in [3.8, 4) is 0 Å². The minimum Gasteiger partial charge on any atom is -0.366 e. The van der Waals surface area contributed by atoms with Gasteiger partial charge in [-0.2, -0.15) is 14.6 Å². The Hall–Kier alpha value is -2.47. The zero-order valence-electron chi connectivity index (χ0n) is 11.2. The zero-order valence-corrected chi connectivity index (χ0v) is 11.2. The van der Waals surface area contributed by atoms with E-state index in [1.807, 2.05) is 25.1 Å². The number of fused-ring (bicyclic) bond motifs is 1. The minimum absolute atomic E-state index is 0.566. The highest BCUT2D eigenvalue weighted by molar-refractivity contribution is 5.45. The van der Waals surface area contributed by atoms with E-state index < -0.39 is 0 Å². The highest BCUT2D eigenvalue weighted by Crippen LogP contribution is 2.12. The second kappa shape index (κ2) is 5.26. The largest absolute Gasteiger partial charge is 0.366 e. The number of nitrogens with one attached hydrogen (secondary N) is 1. The van der Waals surface area contributed by atoms with E-state index in [1.54, 1.807) is 4.52 Å². The molecule has 0 bridgehead atoms. The SMILES string of the molecule is Cc1cc(NCc2ccc(CN)cc2)n2ncnc2n1. The average Bonchev–Trinajstić information content (AvgIpc) is 2.93. The van der Waals surface area contributed by atoms with Gasteiger partial charge >= 0.3 is 0 Å². The average molecular weight is 268 g/mol. The van der Waals surface area contributed by atoms with Crippen molar-refractivity contribution >= 4 is 11.6 Å². The topological polar surface area (TPSA) is 81.1 Å². The summed E-state index contributed by atoms with van der Waals surface area (Å²) in [6, 6.07) is 10.2. The zero-order chi connectivity index (χ0) is 13.9. The second-order valence-electron chi connectivity index (χ2n) is 4.63. The number of aromatic nitrogens is 4. The van der Waals surface area contributed by atoms with Gasteiger partial charge in [0.1, 0.15) is 12.1 Å². The molecule has 3 N–H and O–H groups in total. The summed E-state index contributed by atoms with van der Waals surface area (Å²) in [6.07, 6.45) is 1.50. The molecule has 2 aromatic heterocycles. The van der Waals surface area contributed by atoms with Crippen LogP contribution in [0.5, 0.6) is 0 Å². The molecule has 0 amide bonds. The van der Waals surface area contributed by atoms with Crippen LogP contribution in [0.3, 0.4) is 0 Å². The van der Waals surface area contributed by atoms with Crippen molar-refractivity contribution in [1.82, 2.24) is 19.6 Å². The van der Waals surface area contributed by atoms with E-state index in [4.69, 9.17) is 5.73 Å². The van der Waals surface area contributed by atoms with Gasteiger partial charge in [-0.25, -0.2) is 4.98 Å². The third-order valence-corrected chi connectivity index (χ3v) is 3.11. The molecule has 6 nitrogen and oxygen atoms in total. The van der Waals surface area contributed by atoms with Crippen LogP contribution in [-0.4, -0.2) is 19.6 Å².